The third kappa shape index (κ3) is 4.24. The number of rotatable bonds is 5. The lowest BCUT2D eigenvalue weighted by Crippen LogP contribution is -2.41. The molecule has 1 heterocycles. The highest BCUT2D eigenvalue weighted by atomic mass is 32.2. The van der Waals surface area contributed by atoms with Crippen molar-refractivity contribution in [3.63, 3.8) is 0 Å². The fraction of sp³-hybridized carbons (Fsp3) is 0.917. The molecule has 0 saturated carbocycles. The van der Waals surface area contributed by atoms with Gasteiger partial charge in [-0.05, 0) is 31.1 Å². The normalized spacial score (nSPS) is 22.3. The molecule has 1 unspecified atom stereocenters. The summed E-state index contributed by atoms with van der Waals surface area (Å²) in [5.41, 5.74) is 0.104. The quantitative estimate of drug-likeness (QED) is 0.830. The molecule has 1 atom stereocenters. The highest BCUT2D eigenvalue weighted by molar-refractivity contribution is 7.89. The summed E-state index contributed by atoms with van der Waals surface area (Å²) in [7, 11) is -3.42. The largest absolute Gasteiger partial charge is 0.480 e. The number of sulfonamides is 1. The molecule has 5 nitrogen and oxygen atoms in total. The van der Waals surface area contributed by atoms with Crippen molar-refractivity contribution in [2.24, 2.45) is 5.41 Å². The van der Waals surface area contributed by atoms with E-state index in [1.807, 2.05) is 0 Å². The van der Waals surface area contributed by atoms with Crippen LogP contribution in [0.5, 0.6) is 0 Å². The average molecular weight is 277 g/mol. The van der Waals surface area contributed by atoms with Crippen LogP contribution in [0.3, 0.4) is 0 Å². The zero-order valence-corrected chi connectivity index (χ0v) is 12.2. The Bertz CT molecular complexity index is 397. The van der Waals surface area contributed by atoms with E-state index >= 15 is 0 Å². The lowest BCUT2D eigenvalue weighted by Gasteiger charge is -2.22. The van der Waals surface area contributed by atoms with Gasteiger partial charge in [-0.25, -0.2) is 8.42 Å². The molecule has 106 valence electrons. The Labute approximate surface area is 109 Å². The minimum atomic E-state index is -3.42. The molecular formula is C12H23NO4S. The molecular weight excluding hydrogens is 254 g/mol. The molecule has 0 aromatic heterocycles. The van der Waals surface area contributed by atoms with E-state index in [1.165, 1.54) is 0 Å². The molecule has 18 heavy (non-hydrogen) atoms. The van der Waals surface area contributed by atoms with Crippen LogP contribution in [0.25, 0.3) is 0 Å². The molecule has 1 aliphatic rings. The fourth-order valence-corrected chi connectivity index (χ4v) is 3.96. The van der Waals surface area contributed by atoms with Gasteiger partial charge in [0.15, 0.2) is 0 Å². The predicted octanol–water partition coefficient (Wildman–Crippen LogP) is 1.69. The fourth-order valence-electron chi connectivity index (χ4n) is 2.22. The Hall–Kier alpha value is -0.620. The van der Waals surface area contributed by atoms with Gasteiger partial charge in [-0.15, -0.1) is 0 Å². The first-order chi connectivity index (χ1) is 8.13. The molecule has 1 aliphatic heterocycles. The van der Waals surface area contributed by atoms with E-state index in [-0.39, 0.29) is 11.2 Å². The molecule has 1 fully saturated rings. The SMILES string of the molecule is CC(C)(C)CCCS(=O)(=O)N1CCCC1C(=O)O. The summed E-state index contributed by atoms with van der Waals surface area (Å²) in [5, 5.41) is 9.00. The topological polar surface area (TPSA) is 74.7 Å². The number of hydrogen-bond acceptors (Lipinski definition) is 3. The highest BCUT2D eigenvalue weighted by Crippen LogP contribution is 2.25. The smallest absolute Gasteiger partial charge is 0.322 e. The molecule has 0 aromatic carbocycles. The Morgan fingerprint density at radius 1 is 1.39 bits per heavy atom. The highest BCUT2D eigenvalue weighted by Gasteiger charge is 2.38. The Morgan fingerprint density at radius 3 is 2.50 bits per heavy atom. The van der Waals surface area contributed by atoms with Crippen LogP contribution in [-0.4, -0.2) is 42.1 Å². The van der Waals surface area contributed by atoms with Crippen molar-refractivity contribution in [2.75, 3.05) is 12.3 Å². The average Bonchev–Trinajstić information content (AvgIpc) is 2.63. The van der Waals surface area contributed by atoms with Crippen molar-refractivity contribution in [1.82, 2.24) is 4.31 Å². The van der Waals surface area contributed by atoms with Gasteiger partial charge in [0, 0.05) is 6.54 Å². The van der Waals surface area contributed by atoms with Gasteiger partial charge in [-0.3, -0.25) is 4.79 Å². The third-order valence-corrected chi connectivity index (χ3v) is 5.13. The van der Waals surface area contributed by atoms with E-state index < -0.39 is 22.0 Å². The minimum Gasteiger partial charge on any atom is -0.480 e. The Morgan fingerprint density at radius 2 is 2.00 bits per heavy atom. The molecule has 1 saturated heterocycles. The lowest BCUT2D eigenvalue weighted by molar-refractivity contribution is -0.140. The standard InChI is InChI=1S/C12H23NO4S/c1-12(2,3)7-5-9-18(16,17)13-8-4-6-10(13)11(14)15/h10H,4-9H2,1-3H3,(H,14,15). The number of aliphatic carboxylic acids is 1. The van der Waals surface area contributed by atoms with Crippen molar-refractivity contribution in [2.45, 2.75) is 52.5 Å². The van der Waals surface area contributed by atoms with Crippen LogP contribution in [0.1, 0.15) is 46.5 Å². The van der Waals surface area contributed by atoms with Crippen LogP contribution in [-0.2, 0) is 14.8 Å². The monoisotopic (exact) mass is 277 g/mol. The van der Waals surface area contributed by atoms with Crippen LogP contribution in [0.2, 0.25) is 0 Å². The van der Waals surface area contributed by atoms with Crippen LogP contribution in [0.15, 0.2) is 0 Å². The summed E-state index contributed by atoms with van der Waals surface area (Å²) in [5.74, 6) is -0.986. The van der Waals surface area contributed by atoms with Crippen molar-refractivity contribution in [3.8, 4) is 0 Å². The molecule has 1 rings (SSSR count). The molecule has 6 heteroatoms. The lowest BCUT2D eigenvalue weighted by atomic mass is 9.91. The van der Waals surface area contributed by atoms with Gasteiger partial charge in [-0.2, -0.15) is 4.31 Å². The number of carbonyl (C=O) groups is 1. The van der Waals surface area contributed by atoms with Crippen molar-refractivity contribution in [1.29, 1.82) is 0 Å². The first-order valence-corrected chi connectivity index (χ1v) is 7.97. The Balaban J connectivity index is 2.61. The second kappa shape index (κ2) is 5.57. The molecule has 0 aliphatic carbocycles. The Kier molecular flexibility index (Phi) is 4.78. The van der Waals surface area contributed by atoms with Gasteiger partial charge in [0.2, 0.25) is 10.0 Å². The zero-order chi connectivity index (χ0) is 14.0. The summed E-state index contributed by atoms with van der Waals surface area (Å²) in [6.07, 6.45) is 2.45. The van der Waals surface area contributed by atoms with E-state index in [1.54, 1.807) is 0 Å². The van der Waals surface area contributed by atoms with E-state index in [0.717, 1.165) is 10.7 Å². The summed E-state index contributed by atoms with van der Waals surface area (Å²) in [4.78, 5) is 11.0. The van der Waals surface area contributed by atoms with Gasteiger partial charge in [-0.1, -0.05) is 20.8 Å². The summed E-state index contributed by atoms with van der Waals surface area (Å²) >= 11 is 0. The molecule has 0 spiro atoms. The number of carboxylic acid groups (broad SMARTS) is 1. The van der Waals surface area contributed by atoms with Crippen LogP contribution in [0, 0.1) is 5.41 Å². The van der Waals surface area contributed by atoms with E-state index in [4.69, 9.17) is 5.11 Å². The van der Waals surface area contributed by atoms with Gasteiger partial charge >= 0.3 is 5.97 Å². The molecule has 0 aromatic rings. The minimum absolute atomic E-state index is 0.0497. The maximum Gasteiger partial charge on any atom is 0.322 e. The van der Waals surface area contributed by atoms with Crippen LogP contribution < -0.4 is 0 Å². The maximum atomic E-state index is 12.1. The maximum absolute atomic E-state index is 12.1. The predicted molar refractivity (Wildman–Crippen MR) is 69.8 cm³/mol. The number of nitrogens with zero attached hydrogens (tertiary/aromatic N) is 1. The first kappa shape index (κ1) is 15.4. The summed E-state index contributed by atoms with van der Waals surface area (Å²) < 4.78 is 25.4. The number of carboxylic acids is 1. The van der Waals surface area contributed by atoms with Crippen molar-refractivity contribution < 1.29 is 18.3 Å². The van der Waals surface area contributed by atoms with Crippen LogP contribution >= 0.6 is 0 Å². The van der Waals surface area contributed by atoms with E-state index in [2.05, 4.69) is 20.8 Å². The summed E-state index contributed by atoms with van der Waals surface area (Å²) in [6, 6.07) is -0.857. The van der Waals surface area contributed by atoms with Crippen LogP contribution in [0.4, 0.5) is 0 Å². The molecule has 0 bridgehead atoms. The van der Waals surface area contributed by atoms with E-state index in [0.29, 0.717) is 25.8 Å². The van der Waals surface area contributed by atoms with Gasteiger partial charge < -0.3 is 5.11 Å². The van der Waals surface area contributed by atoms with Gasteiger partial charge in [0.1, 0.15) is 6.04 Å². The number of hydrogen-bond donors (Lipinski definition) is 1. The zero-order valence-electron chi connectivity index (χ0n) is 11.3. The molecule has 0 radical (unpaired) electrons. The van der Waals surface area contributed by atoms with E-state index in [9.17, 15) is 13.2 Å². The first-order valence-electron chi connectivity index (χ1n) is 6.36. The third-order valence-electron chi connectivity index (χ3n) is 3.18. The van der Waals surface area contributed by atoms with Crippen molar-refractivity contribution >= 4 is 16.0 Å². The second-order valence-corrected chi connectivity index (χ2v) is 8.13. The summed E-state index contributed by atoms with van der Waals surface area (Å²) in [6.45, 7) is 6.54. The van der Waals surface area contributed by atoms with Crippen molar-refractivity contribution in [3.05, 3.63) is 0 Å². The van der Waals surface area contributed by atoms with Gasteiger partial charge in [0.05, 0.1) is 5.75 Å². The molecule has 0 amide bonds. The second-order valence-electron chi connectivity index (χ2n) is 6.09. The van der Waals surface area contributed by atoms with Gasteiger partial charge in [0.25, 0.3) is 0 Å². The molecule has 1 N–H and O–H groups in total.